The van der Waals surface area contributed by atoms with Gasteiger partial charge in [0.2, 0.25) is 0 Å². The van der Waals surface area contributed by atoms with Crippen LogP contribution in [0.1, 0.15) is 12.0 Å². The Hall–Kier alpha value is -1.82. The third-order valence-corrected chi connectivity index (χ3v) is 4.03. The predicted molar refractivity (Wildman–Crippen MR) is 78.7 cm³/mol. The van der Waals surface area contributed by atoms with Gasteiger partial charge in [0.15, 0.2) is 5.82 Å². The Kier molecular flexibility index (Phi) is 3.48. The van der Waals surface area contributed by atoms with E-state index in [0.717, 1.165) is 31.7 Å². The van der Waals surface area contributed by atoms with Gasteiger partial charge in [-0.15, -0.1) is 0 Å². The lowest BCUT2D eigenvalue weighted by Gasteiger charge is -2.18. The summed E-state index contributed by atoms with van der Waals surface area (Å²) in [6, 6.07) is 0. The van der Waals surface area contributed by atoms with E-state index in [0.29, 0.717) is 16.8 Å². The summed E-state index contributed by atoms with van der Waals surface area (Å²) in [5, 5.41) is 4.66. The summed E-state index contributed by atoms with van der Waals surface area (Å²) in [5.41, 5.74) is 7.00. The fourth-order valence-corrected chi connectivity index (χ4v) is 2.91. The Morgan fingerprint density at radius 2 is 2.30 bits per heavy atom. The fourth-order valence-electron chi connectivity index (χ4n) is 2.70. The minimum atomic E-state index is 0.340. The lowest BCUT2D eigenvalue weighted by atomic mass is 10.0. The molecule has 3 heterocycles. The predicted octanol–water partition coefficient (Wildman–Crippen LogP) is 1.51. The van der Waals surface area contributed by atoms with E-state index in [4.69, 9.17) is 17.3 Å². The van der Waals surface area contributed by atoms with E-state index in [-0.39, 0.29) is 0 Å². The highest BCUT2D eigenvalue weighted by atomic mass is 35.5. The van der Waals surface area contributed by atoms with Crippen molar-refractivity contribution < 1.29 is 0 Å². The maximum atomic E-state index is 6.18. The zero-order valence-electron chi connectivity index (χ0n) is 11.3. The van der Waals surface area contributed by atoms with Crippen molar-refractivity contribution in [1.82, 2.24) is 19.7 Å². The maximum Gasteiger partial charge on any atom is 0.153 e. The number of aryl methyl sites for hydroxylation is 1. The van der Waals surface area contributed by atoms with Gasteiger partial charge in [0.25, 0.3) is 0 Å². The van der Waals surface area contributed by atoms with Crippen LogP contribution in [0.25, 0.3) is 0 Å². The first-order valence-electron chi connectivity index (χ1n) is 6.62. The van der Waals surface area contributed by atoms with Gasteiger partial charge in [0, 0.05) is 26.3 Å². The number of halogens is 1. The smallest absolute Gasteiger partial charge is 0.153 e. The van der Waals surface area contributed by atoms with Crippen molar-refractivity contribution in [3.63, 3.8) is 0 Å². The van der Waals surface area contributed by atoms with Gasteiger partial charge in [-0.25, -0.2) is 9.97 Å². The second-order valence-corrected chi connectivity index (χ2v) is 5.60. The molecular weight excluding hydrogens is 276 g/mol. The molecule has 106 valence electrons. The number of anilines is 2. The van der Waals surface area contributed by atoms with E-state index in [1.807, 2.05) is 17.9 Å². The maximum absolute atomic E-state index is 6.18. The van der Waals surface area contributed by atoms with Crippen molar-refractivity contribution >= 4 is 23.2 Å². The van der Waals surface area contributed by atoms with E-state index in [9.17, 15) is 0 Å². The molecule has 0 radical (unpaired) electrons. The first-order chi connectivity index (χ1) is 9.63. The number of nitrogen functional groups attached to an aromatic ring is 1. The molecule has 0 saturated carbocycles. The van der Waals surface area contributed by atoms with Gasteiger partial charge in [0.1, 0.15) is 17.2 Å². The van der Waals surface area contributed by atoms with E-state index in [1.165, 1.54) is 11.9 Å². The minimum absolute atomic E-state index is 0.340. The van der Waals surface area contributed by atoms with Crippen molar-refractivity contribution in [3.05, 3.63) is 29.3 Å². The first-order valence-corrected chi connectivity index (χ1v) is 6.99. The van der Waals surface area contributed by atoms with Crippen LogP contribution in [-0.4, -0.2) is 32.8 Å². The molecule has 0 amide bonds. The summed E-state index contributed by atoms with van der Waals surface area (Å²) < 4.78 is 1.84. The van der Waals surface area contributed by atoms with Crippen LogP contribution < -0.4 is 10.6 Å². The van der Waals surface area contributed by atoms with Crippen molar-refractivity contribution in [3.8, 4) is 0 Å². The molecule has 20 heavy (non-hydrogen) atoms. The second-order valence-electron chi connectivity index (χ2n) is 5.22. The van der Waals surface area contributed by atoms with Crippen LogP contribution in [-0.2, 0) is 13.5 Å². The quantitative estimate of drug-likeness (QED) is 0.928. The summed E-state index contributed by atoms with van der Waals surface area (Å²) in [7, 11) is 1.94. The van der Waals surface area contributed by atoms with Crippen molar-refractivity contribution in [2.75, 3.05) is 23.7 Å². The SMILES string of the molecule is Cn1cc(CC2CCN(c3ncnc(N)c3Cl)C2)cn1. The van der Waals surface area contributed by atoms with E-state index in [1.54, 1.807) is 0 Å². The van der Waals surface area contributed by atoms with Gasteiger partial charge in [-0.3, -0.25) is 4.68 Å². The number of nitrogens with two attached hydrogens (primary N) is 1. The number of aromatic nitrogens is 4. The Morgan fingerprint density at radius 1 is 1.45 bits per heavy atom. The lowest BCUT2D eigenvalue weighted by Crippen LogP contribution is -2.22. The van der Waals surface area contributed by atoms with Crippen LogP contribution in [0.15, 0.2) is 18.7 Å². The van der Waals surface area contributed by atoms with Crippen LogP contribution in [0.5, 0.6) is 0 Å². The van der Waals surface area contributed by atoms with E-state index >= 15 is 0 Å². The summed E-state index contributed by atoms with van der Waals surface area (Å²) >= 11 is 6.18. The lowest BCUT2D eigenvalue weighted by molar-refractivity contribution is 0.586. The molecule has 0 spiro atoms. The van der Waals surface area contributed by atoms with Gasteiger partial charge < -0.3 is 10.6 Å². The molecule has 1 saturated heterocycles. The Morgan fingerprint density at radius 3 is 3.05 bits per heavy atom. The van der Waals surface area contributed by atoms with Gasteiger partial charge in [-0.2, -0.15) is 5.10 Å². The topological polar surface area (TPSA) is 72.9 Å². The standard InChI is InChI=1S/C13H17ClN6/c1-19-6-10(5-18-19)4-9-2-3-20(7-9)13-11(14)12(15)16-8-17-13/h5-6,8-9H,2-4,7H2,1H3,(H2,15,16,17). The largest absolute Gasteiger partial charge is 0.382 e. The molecule has 2 aromatic heterocycles. The molecule has 2 N–H and O–H groups in total. The normalized spacial score (nSPS) is 18.7. The zero-order valence-corrected chi connectivity index (χ0v) is 12.1. The van der Waals surface area contributed by atoms with E-state index in [2.05, 4.69) is 26.2 Å². The molecule has 1 atom stereocenters. The molecule has 0 aliphatic carbocycles. The molecular formula is C13H17ClN6. The minimum Gasteiger partial charge on any atom is -0.382 e. The average Bonchev–Trinajstić information content (AvgIpc) is 3.03. The molecule has 6 nitrogen and oxygen atoms in total. The summed E-state index contributed by atoms with van der Waals surface area (Å²) in [4.78, 5) is 10.3. The molecule has 2 aromatic rings. The Balaban J connectivity index is 1.69. The van der Waals surface area contributed by atoms with Crippen LogP contribution in [0.4, 0.5) is 11.6 Å². The highest BCUT2D eigenvalue weighted by Gasteiger charge is 2.26. The van der Waals surface area contributed by atoms with Crippen LogP contribution in [0, 0.1) is 5.92 Å². The molecule has 7 heteroatoms. The third kappa shape index (κ3) is 2.56. The van der Waals surface area contributed by atoms with Crippen LogP contribution in [0.3, 0.4) is 0 Å². The summed E-state index contributed by atoms with van der Waals surface area (Å²) in [6.45, 7) is 1.88. The van der Waals surface area contributed by atoms with Gasteiger partial charge >= 0.3 is 0 Å². The summed E-state index contributed by atoms with van der Waals surface area (Å²) in [6.07, 6.45) is 7.61. The van der Waals surface area contributed by atoms with Crippen molar-refractivity contribution in [1.29, 1.82) is 0 Å². The first kappa shape index (κ1) is 13.2. The van der Waals surface area contributed by atoms with Gasteiger partial charge in [0.05, 0.1) is 6.20 Å². The third-order valence-electron chi connectivity index (χ3n) is 3.67. The van der Waals surface area contributed by atoms with Crippen molar-refractivity contribution in [2.24, 2.45) is 13.0 Å². The van der Waals surface area contributed by atoms with E-state index < -0.39 is 0 Å². The molecule has 1 aliphatic heterocycles. The highest BCUT2D eigenvalue weighted by molar-refractivity contribution is 6.35. The molecule has 1 unspecified atom stereocenters. The van der Waals surface area contributed by atoms with Crippen LogP contribution >= 0.6 is 11.6 Å². The molecule has 1 fully saturated rings. The van der Waals surface area contributed by atoms with Gasteiger partial charge in [-0.1, -0.05) is 11.6 Å². The molecule has 0 bridgehead atoms. The monoisotopic (exact) mass is 292 g/mol. The van der Waals surface area contributed by atoms with Gasteiger partial charge in [-0.05, 0) is 24.3 Å². The Bertz CT molecular complexity index is 611. The average molecular weight is 293 g/mol. The zero-order chi connectivity index (χ0) is 14.1. The summed E-state index contributed by atoms with van der Waals surface area (Å²) in [5.74, 6) is 1.67. The number of nitrogens with zero attached hydrogens (tertiary/aromatic N) is 5. The molecule has 0 aromatic carbocycles. The number of hydrogen-bond donors (Lipinski definition) is 1. The fraction of sp³-hybridized carbons (Fsp3) is 0.462. The number of rotatable bonds is 3. The van der Waals surface area contributed by atoms with Crippen LogP contribution in [0.2, 0.25) is 5.02 Å². The molecule has 3 rings (SSSR count). The number of hydrogen-bond acceptors (Lipinski definition) is 5. The van der Waals surface area contributed by atoms with Crippen molar-refractivity contribution in [2.45, 2.75) is 12.8 Å². The molecule has 1 aliphatic rings. The Labute approximate surface area is 122 Å². The highest BCUT2D eigenvalue weighted by Crippen LogP contribution is 2.31. The second kappa shape index (κ2) is 5.28.